The number of nitrogens with zero attached hydrogens (tertiary/aromatic N) is 1. The van der Waals surface area contributed by atoms with Gasteiger partial charge in [0, 0.05) is 12.3 Å². The molecule has 0 radical (unpaired) electrons. The molecule has 0 aliphatic heterocycles. The molecular formula is C15H14ClNO3. The molecular weight excluding hydrogens is 278 g/mol. The summed E-state index contributed by atoms with van der Waals surface area (Å²) in [5.41, 5.74) is 1.72. The third kappa shape index (κ3) is 3.71. The van der Waals surface area contributed by atoms with Gasteiger partial charge in [-0.25, -0.2) is 0 Å². The second kappa shape index (κ2) is 6.39. The van der Waals surface area contributed by atoms with Crippen molar-refractivity contribution in [3.63, 3.8) is 0 Å². The average Bonchev–Trinajstić information content (AvgIpc) is 2.45. The topological polar surface area (TPSA) is 59.4 Å². The molecule has 1 aromatic carbocycles. The Morgan fingerprint density at radius 2 is 2.05 bits per heavy atom. The van der Waals surface area contributed by atoms with Crippen molar-refractivity contribution >= 4 is 17.6 Å². The Morgan fingerprint density at radius 3 is 2.65 bits per heavy atom. The van der Waals surface area contributed by atoms with Crippen LogP contribution < -0.4 is 4.74 Å². The summed E-state index contributed by atoms with van der Waals surface area (Å²) >= 11 is 5.81. The van der Waals surface area contributed by atoms with Crippen molar-refractivity contribution in [2.75, 3.05) is 0 Å². The molecule has 104 valence electrons. The summed E-state index contributed by atoms with van der Waals surface area (Å²) in [6.45, 7) is 2.04. The Morgan fingerprint density at radius 1 is 1.35 bits per heavy atom. The summed E-state index contributed by atoms with van der Waals surface area (Å²) in [6.07, 6.45) is 3.13. The van der Waals surface area contributed by atoms with Crippen LogP contribution in [-0.4, -0.2) is 16.1 Å². The van der Waals surface area contributed by atoms with Crippen LogP contribution in [0.25, 0.3) is 0 Å². The van der Waals surface area contributed by atoms with Gasteiger partial charge in [0.15, 0.2) is 0 Å². The molecule has 1 aromatic heterocycles. The first kappa shape index (κ1) is 14.3. The van der Waals surface area contributed by atoms with Crippen molar-refractivity contribution in [3.8, 4) is 5.75 Å². The highest BCUT2D eigenvalue weighted by molar-refractivity contribution is 6.30. The minimum Gasteiger partial charge on any atom is -0.487 e. The average molecular weight is 292 g/mol. The van der Waals surface area contributed by atoms with Crippen molar-refractivity contribution < 1.29 is 14.6 Å². The molecule has 5 heteroatoms. The molecule has 0 amide bonds. The fourth-order valence-electron chi connectivity index (χ4n) is 1.68. The van der Waals surface area contributed by atoms with E-state index in [9.17, 15) is 4.79 Å². The van der Waals surface area contributed by atoms with E-state index in [1.807, 2.05) is 12.1 Å². The maximum absolute atomic E-state index is 10.9. The number of ether oxygens (including phenoxy) is 1. The summed E-state index contributed by atoms with van der Waals surface area (Å²) in [7, 11) is 0. The van der Waals surface area contributed by atoms with Crippen LogP contribution in [0, 0.1) is 0 Å². The number of carbonyl (C=O) groups is 1. The van der Waals surface area contributed by atoms with E-state index < -0.39 is 11.9 Å². The fourth-order valence-corrected chi connectivity index (χ4v) is 1.85. The van der Waals surface area contributed by atoms with E-state index >= 15 is 0 Å². The second-order valence-corrected chi connectivity index (χ2v) is 4.87. The van der Waals surface area contributed by atoms with Gasteiger partial charge in [0.25, 0.3) is 0 Å². The monoisotopic (exact) mass is 291 g/mol. The van der Waals surface area contributed by atoms with Crippen LogP contribution in [-0.2, 0) is 11.4 Å². The molecule has 2 rings (SSSR count). The van der Waals surface area contributed by atoms with Gasteiger partial charge in [0.2, 0.25) is 0 Å². The van der Waals surface area contributed by atoms with E-state index in [0.29, 0.717) is 17.4 Å². The Kier molecular flexibility index (Phi) is 4.58. The fraction of sp³-hybridized carbons (Fsp3) is 0.200. The van der Waals surface area contributed by atoms with Crippen molar-refractivity contribution in [3.05, 3.63) is 58.9 Å². The van der Waals surface area contributed by atoms with Crippen molar-refractivity contribution in [1.29, 1.82) is 0 Å². The third-order valence-corrected chi connectivity index (χ3v) is 3.14. The molecule has 1 atom stereocenters. The number of aliphatic carboxylic acids is 1. The first-order valence-electron chi connectivity index (χ1n) is 6.11. The van der Waals surface area contributed by atoms with E-state index in [0.717, 1.165) is 11.1 Å². The van der Waals surface area contributed by atoms with Crippen LogP contribution in [0.1, 0.15) is 24.0 Å². The van der Waals surface area contributed by atoms with Gasteiger partial charge in [-0.1, -0.05) is 35.9 Å². The van der Waals surface area contributed by atoms with Gasteiger partial charge in [-0.3, -0.25) is 9.78 Å². The predicted octanol–water partition coefficient (Wildman–Crippen LogP) is 3.50. The van der Waals surface area contributed by atoms with Crippen molar-refractivity contribution in [2.24, 2.45) is 0 Å². The lowest BCUT2D eigenvalue weighted by atomic mass is 10.0. The molecule has 0 spiro atoms. The molecule has 20 heavy (non-hydrogen) atoms. The maximum atomic E-state index is 10.9. The number of halogens is 1. The zero-order valence-electron chi connectivity index (χ0n) is 10.9. The number of benzene rings is 1. The van der Waals surface area contributed by atoms with Gasteiger partial charge in [-0.2, -0.15) is 0 Å². The van der Waals surface area contributed by atoms with Crippen LogP contribution in [0.4, 0.5) is 0 Å². The second-order valence-electron chi connectivity index (χ2n) is 4.43. The van der Waals surface area contributed by atoms with Gasteiger partial charge in [0.05, 0.1) is 17.1 Å². The van der Waals surface area contributed by atoms with Crippen LogP contribution in [0.15, 0.2) is 42.7 Å². The summed E-state index contributed by atoms with van der Waals surface area (Å²) < 4.78 is 5.56. The van der Waals surface area contributed by atoms with E-state index in [2.05, 4.69) is 4.98 Å². The lowest BCUT2D eigenvalue weighted by Crippen LogP contribution is -2.07. The van der Waals surface area contributed by atoms with Crippen LogP contribution in [0.5, 0.6) is 5.75 Å². The standard InChI is InChI=1S/C15H14ClNO3/c1-10(15(18)19)12-4-2-11(3-5-12)9-20-14-6-13(16)7-17-8-14/h2-8,10H,9H2,1H3,(H,18,19). The maximum Gasteiger partial charge on any atom is 0.310 e. The summed E-state index contributed by atoms with van der Waals surface area (Å²) in [5, 5.41) is 9.46. The van der Waals surface area contributed by atoms with Crippen LogP contribution in [0.2, 0.25) is 5.02 Å². The minimum absolute atomic E-state index is 0.379. The Labute approximate surface area is 122 Å². The number of hydrogen-bond donors (Lipinski definition) is 1. The first-order chi connectivity index (χ1) is 9.56. The normalized spacial score (nSPS) is 11.9. The van der Waals surface area contributed by atoms with Crippen molar-refractivity contribution in [1.82, 2.24) is 4.98 Å². The Bertz CT molecular complexity index is 598. The van der Waals surface area contributed by atoms with E-state index in [4.69, 9.17) is 21.4 Å². The van der Waals surface area contributed by atoms with Crippen LogP contribution >= 0.6 is 11.6 Å². The van der Waals surface area contributed by atoms with E-state index in [1.165, 1.54) is 6.20 Å². The van der Waals surface area contributed by atoms with Gasteiger partial charge in [-0.15, -0.1) is 0 Å². The summed E-state index contributed by atoms with van der Waals surface area (Å²) in [6, 6.07) is 9.00. The molecule has 0 aliphatic carbocycles. The largest absolute Gasteiger partial charge is 0.487 e. The molecule has 0 saturated heterocycles. The Balaban J connectivity index is 1.99. The van der Waals surface area contributed by atoms with Gasteiger partial charge < -0.3 is 9.84 Å². The number of carboxylic acid groups (broad SMARTS) is 1. The molecule has 2 aromatic rings. The zero-order valence-corrected chi connectivity index (χ0v) is 11.7. The van der Waals surface area contributed by atoms with Crippen molar-refractivity contribution in [2.45, 2.75) is 19.4 Å². The quantitative estimate of drug-likeness (QED) is 0.916. The van der Waals surface area contributed by atoms with Gasteiger partial charge in [0.1, 0.15) is 12.4 Å². The SMILES string of the molecule is CC(C(=O)O)c1ccc(COc2cncc(Cl)c2)cc1. The number of carboxylic acids is 1. The lowest BCUT2D eigenvalue weighted by Gasteiger charge is -2.09. The molecule has 1 unspecified atom stereocenters. The molecule has 0 bridgehead atoms. The molecule has 1 heterocycles. The number of pyridine rings is 1. The van der Waals surface area contributed by atoms with Gasteiger partial charge in [-0.05, 0) is 18.1 Å². The highest BCUT2D eigenvalue weighted by atomic mass is 35.5. The van der Waals surface area contributed by atoms with Gasteiger partial charge >= 0.3 is 5.97 Å². The first-order valence-corrected chi connectivity index (χ1v) is 6.49. The molecule has 4 nitrogen and oxygen atoms in total. The number of rotatable bonds is 5. The number of aromatic nitrogens is 1. The van der Waals surface area contributed by atoms with E-state index in [-0.39, 0.29) is 0 Å². The predicted molar refractivity (Wildman–Crippen MR) is 76.1 cm³/mol. The molecule has 1 N–H and O–H groups in total. The number of hydrogen-bond acceptors (Lipinski definition) is 3. The van der Waals surface area contributed by atoms with Crippen LogP contribution in [0.3, 0.4) is 0 Å². The zero-order chi connectivity index (χ0) is 14.5. The Hall–Kier alpha value is -2.07. The summed E-state index contributed by atoms with van der Waals surface area (Å²) in [4.78, 5) is 14.8. The lowest BCUT2D eigenvalue weighted by molar-refractivity contribution is -0.138. The molecule has 0 fully saturated rings. The highest BCUT2D eigenvalue weighted by Gasteiger charge is 2.12. The molecule has 0 saturated carbocycles. The smallest absolute Gasteiger partial charge is 0.310 e. The van der Waals surface area contributed by atoms with E-state index in [1.54, 1.807) is 31.3 Å². The summed E-state index contributed by atoms with van der Waals surface area (Å²) in [5.74, 6) is -0.749. The minimum atomic E-state index is -0.834. The highest BCUT2D eigenvalue weighted by Crippen LogP contribution is 2.19. The molecule has 0 aliphatic rings. The third-order valence-electron chi connectivity index (χ3n) is 2.94.